The Balaban J connectivity index is 1.49. The quantitative estimate of drug-likeness (QED) is 0.731. The first-order valence-corrected chi connectivity index (χ1v) is 10.9. The monoisotopic (exact) mass is 431 g/mol. The molecular formula is C23H33N3O5. The summed E-state index contributed by atoms with van der Waals surface area (Å²) in [6.45, 7) is 8.26. The van der Waals surface area contributed by atoms with E-state index in [1.165, 1.54) is 0 Å². The van der Waals surface area contributed by atoms with E-state index in [0.29, 0.717) is 66.1 Å². The van der Waals surface area contributed by atoms with E-state index in [0.717, 1.165) is 36.6 Å². The number of hydrogen-bond donors (Lipinski definition) is 0. The Morgan fingerprint density at radius 3 is 1.65 bits per heavy atom. The highest BCUT2D eigenvalue weighted by atomic mass is 16.6. The van der Waals surface area contributed by atoms with E-state index in [1.54, 1.807) is 6.20 Å². The summed E-state index contributed by atoms with van der Waals surface area (Å²) < 4.78 is 27.9. The van der Waals surface area contributed by atoms with Crippen molar-refractivity contribution in [3.05, 3.63) is 48.3 Å². The lowest BCUT2D eigenvalue weighted by Gasteiger charge is -2.22. The highest BCUT2D eigenvalue weighted by Gasteiger charge is 2.08. The van der Waals surface area contributed by atoms with Gasteiger partial charge in [-0.1, -0.05) is 12.1 Å². The predicted molar refractivity (Wildman–Crippen MR) is 117 cm³/mol. The Kier molecular flexibility index (Phi) is 11.4. The van der Waals surface area contributed by atoms with E-state index >= 15 is 0 Å². The molecular weight excluding hydrogens is 398 g/mol. The van der Waals surface area contributed by atoms with Crippen molar-refractivity contribution in [2.45, 2.75) is 6.54 Å². The number of aromatic nitrogens is 2. The third-order valence-electron chi connectivity index (χ3n) is 4.75. The first kappa shape index (κ1) is 23.7. The molecule has 0 aromatic carbocycles. The van der Waals surface area contributed by atoms with Crippen LogP contribution in [0.25, 0.3) is 11.4 Å². The lowest BCUT2D eigenvalue weighted by atomic mass is 10.2. The van der Waals surface area contributed by atoms with Crippen molar-refractivity contribution in [2.24, 2.45) is 0 Å². The Morgan fingerprint density at radius 2 is 1.16 bits per heavy atom. The van der Waals surface area contributed by atoms with Crippen molar-refractivity contribution in [3.63, 3.8) is 0 Å². The van der Waals surface area contributed by atoms with Crippen LogP contribution in [-0.4, -0.2) is 94.0 Å². The Morgan fingerprint density at radius 1 is 0.613 bits per heavy atom. The van der Waals surface area contributed by atoms with Crippen molar-refractivity contribution < 1.29 is 23.7 Å². The van der Waals surface area contributed by atoms with E-state index in [9.17, 15) is 0 Å². The molecule has 1 fully saturated rings. The minimum absolute atomic E-state index is 0.570. The molecule has 170 valence electrons. The van der Waals surface area contributed by atoms with Gasteiger partial charge < -0.3 is 23.7 Å². The maximum atomic E-state index is 5.73. The normalized spacial score (nSPS) is 19.4. The summed E-state index contributed by atoms with van der Waals surface area (Å²) in [4.78, 5) is 11.3. The van der Waals surface area contributed by atoms with Crippen molar-refractivity contribution in [3.8, 4) is 11.4 Å². The zero-order valence-electron chi connectivity index (χ0n) is 18.1. The summed E-state index contributed by atoms with van der Waals surface area (Å²) >= 11 is 0. The smallest absolute Gasteiger partial charge is 0.0886 e. The molecule has 1 saturated heterocycles. The van der Waals surface area contributed by atoms with Crippen LogP contribution in [0, 0.1) is 0 Å². The molecule has 3 heterocycles. The standard InChI is InChI=1S/C23H33N3O5/c1-2-6-24-22(3-1)23-5-4-21(19-25-23)20-26-7-9-27-11-13-29-15-17-31-18-16-30-14-12-28-10-8-26/h1-6,19H,7-18,20H2. The molecule has 1 aliphatic heterocycles. The minimum atomic E-state index is 0.570. The topological polar surface area (TPSA) is 75.2 Å². The third kappa shape index (κ3) is 9.82. The Bertz CT molecular complexity index is 684. The molecule has 3 rings (SSSR count). The largest absolute Gasteiger partial charge is 0.378 e. The molecule has 0 bridgehead atoms. The highest BCUT2D eigenvalue weighted by molar-refractivity contribution is 5.53. The predicted octanol–water partition coefficient (Wildman–Crippen LogP) is 2.04. The van der Waals surface area contributed by atoms with Crippen LogP contribution >= 0.6 is 0 Å². The van der Waals surface area contributed by atoms with Crippen LogP contribution in [-0.2, 0) is 30.2 Å². The Hall–Kier alpha value is -1.94. The second kappa shape index (κ2) is 15.0. The molecule has 0 radical (unpaired) electrons. The van der Waals surface area contributed by atoms with Gasteiger partial charge >= 0.3 is 0 Å². The summed E-state index contributed by atoms with van der Waals surface area (Å²) in [5, 5.41) is 0. The second-order valence-corrected chi connectivity index (χ2v) is 7.10. The second-order valence-electron chi connectivity index (χ2n) is 7.10. The summed E-state index contributed by atoms with van der Waals surface area (Å²) in [5.41, 5.74) is 2.90. The van der Waals surface area contributed by atoms with Crippen LogP contribution in [0.3, 0.4) is 0 Å². The molecule has 8 nitrogen and oxygen atoms in total. The third-order valence-corrected chi connectivity index (χ3v) is 4.75. The minimum Gasteiger partial charge on any atom is -0.378 e. The highest BCUT2D eigenvalue weighted by Crippen LogP contribution is 2.14. The van der Waals surface area contributed by atoms with Gasteiger partial charge in [0.2, 0.25) is 0 Å². The van der Waals surface area contributed by atoms with Crippen LogP contribution in [0.5, 0.6) is 0 Å². The first-order valence-electron chi connectivity index (χ1n) is 10.9. The fourth-order valence-electron chi connectivity index (χ4n) is 3.08. The van der Waals surface area contributed by atoms with Crippen molar-refractivity contribution >= 4 is 0 Å². The molecule has 0 amide bonds. The number of rotatable bonds is 3. The van der Waals surface area contributed by atoms with Gasteiger partial charge in [0.15, 0.2) is 0 Å². The van der Waals surface area contributed by atoms with Gasteiger partial charge in [0.05, 0.1) is 77.5 Å². The molecule has 8 heteroatoms. The van der Waals surface area contributed by atoms with E-state index in [1.807, 2.05) is 30.5 Å². The Labute approximate surface area is 184 Å². The maximum absolute atomic E-state index is 5.73. The van der Waals surface area contributed by atoms with Crippen LogP contribution in [0.2, 0.25) is 0 Å². The molecule has 2 aromatic heterocycles. The van der Waals surface area contributed by atoms with Gasteiger partial charge in [0.1, 0.15) is 0 Å². The average molecular weight is 432 g/mol. The molecule has 1 aliphatic rings. The molecule has 31 heavy (non-hydrogen) atoms. The van der Waals surface area contributed by atoms with Gasteiger partial charge in [-0.15, -0.1) is 0 Å². The lowest BCUT2D eigenvalue weighted by molar-refractivity contribution is -0.0189. The first-order chi connectivity index (χ1) is 15.4. The molecule has 0 atom stereocenters. The molecule has 0 unspecified atom stereocenters. The fraction of sp³-hybridized carbons (Fsp3) is 0.565. The van der Waals surface area contributed by atoms with E-state index in [4.69, 9.17) is 23.7 Å². The molecule has 0 aliphatic carbocycles. The van der Waals surface area contributed by atoms with Crippen LogP contribution < -0.4 is 0 Å². The van der Waals surface area contributed by atoms with E-state index in [-0.39, 0.29) is 0 Å². The van der Waals surface area contributed by atoms with Gasteiger partial charge in [-0.3, -0.25) is 14.9 Å². The van der Waals surface area contributed by atoms with Crippen molar-refractivity contribution in [1.29, 1.82) is 0 Å². The van der Waals surface area contributed by atoms with Gasteiger partial charge in [0.25, 0.3) is 0 Å². The fourth-order valence-corrected chi connectivity index (χ4v) is 3.08. The van der Waals surface area contributed by atoms with Gasteiger partial charge in [0, 0.05) is 32.0 Å². The van der Waals surface area contributed by atoms with E-state index in [2.05, 4.69) is 20.9 Å². The maximum Gasteiger partial charge on any atom is 0.0886 e. The summed E-state index contributed by atoms with van der Waals surface area (Å²) in [6, 6.07) is 9.96. The number of hydrogen-bond acceptors (Lipinski definition) is 8. The van der Waals surface area contributed by atoms with Gasteiger partial charge in [-0.05, 0) is 23.8 Å². The summed E-state index contributed by atoms with van der Waals surface area (Å²) in [7, 11) is 0. The SMILES string of the molecule is c1ccc(-c2ccc(CN3CCOCCOCCOCCOCCOCC3)cn2)nc1. The van der Waals surface area contributed by atoms with Gasteiger partial charge in [-0.2, -0.15) is 0 Å². The zero-order chi connectivity index (χ0) is 21.4. The summed E-state index contributed by atoms with van der Waals surface area (Å²) in [5.74, 6) is 0. The van der Waals surface area contributed by atoms with Crippen LogP contribution in [0.15, 0.2) is 42.7 Å². The lowest BCUT2D eigenvalue weighted by Crippen LogP contribution is -2.31. The van der Waals surface area contributed by atoms with Crippen LogP contribution in [0.4, 0.5) is 0 Å². The zero-order valence-corrected chi connectivity index (χ0v) is 18.1. The molecule has 0 spiro atoms. The van der Waals surface area contributed by atoms with Crippen molar-refractivity contribution in [2.75, 3.05) is 79.2 Å². The average Bonchev–Trinajstić information content (AvgIpc) is 2.81. The van der Waals surface area contributed by atoms with Crippen molar-refractivity contribution in [1.82, 2.24) is 14.9 Å². The number of ether oxygens (including phenoxy) is 5. The van der Waals surface area contributed by atoms with Crippen LogP contribution in [0.1, 0.15) is 5.56 Å². The number of pyridine rings is 2. The molecule has 2 aromatic rings. The van der Waals surface area contributed by atoms with E-state index < -0.39 is 0 Å². The molecule has 0 saturated carbocycles. The van der Waals surface area contributed by atoms with Gasteiger partial charge in [-0.25, -0.2) is 0 Å². The molecule has 0 N–H and O–H groups in total. The number of nitrogens with zero attached hydrogens (tertiary/aromatic N) is 3. The summed E-state index contributed by atoms with van der Waals surface area (Å²) in [6.07, 6.45) is 3.70.